The number of hydrogen-bond donors (Lipinski definition) is 2. The maximum Gasteiger partial charge on any atom is 0.407 e. The SMILES string of the molecule is CCCCC1CC(NC(=O)OCC)CN(CCN)C1. The Morgan fingerprint density at radius 1 is 1.42 bits per heavy atom. The Morgan fingerprint density at radius 3 is 2.84 bits per heavy atom. The van der Waals surface area contributed by atoms with E-state index < -0.39 is 0 Å². The zero-order valence-electron chi connectivity index (χ0n) is 12.4. The lowest BCUT2D eigenvalue weighted by atomic mass is 9.90. The molecule has 1 heterocycles. The Morgan fingerprint density at radius 2 is 2.21 bits per heavy atom. The number of nitrogens with zero attached hydrogens (tertiary/aromatic N) is 1. The third kappa shape index (κ3) is 6.25. The number of carbonyl (C=O) groups excluding carboxylic acids is 1. The second-order valence-corrected chi connectivity index (χ2v) is 5.35. The van der Waals surface area contributed by atoms with Crippen LogP contribution in [0.4, 0.5) is 4.79 Å². The van der Waals surface area contributed by atoms with Crippen LogP contribution in [0.1, 0.15) is 39.5 Å². The summed E-state index contributed by atoms with van der Waals surface area (Å²) in [5, 5.41) is 2.97. The van der Waals surface area contributed by atoms with E-state index in [-0.39, 0.29) is 12.1 Å². The van der Waals surface area contributed by atoms with Gasteiger partial charge in [-0.1, -0.05) is 19.8 Å². The van der Waals surface area contributed by atoms with Crippen molar-refractivity contribution in [3.05, 3.63) is 0 Å². The van der Waals surface area contributed by atoms with E-state index in [1.165, 1.54) is 19.3 Å². The number of alkyl carbamates (subject to hydrolysis) is 1. The minimum absolute atomic E-state index is 0.196. The lowest BCUT2D eigenvalue weighted by Gasteiger charge is -2.37. The van der Waals surface area contributed by atoms with E-state index in [9.17, 15) is 4.79 Å². The Hall–Kier alpha value is -0.810. The van der Waals surface area contributed by atoms with Gasteiger partial charge in [0.2, 0.25) is 0 Å². The number of unbranched alkanes of at least 4 members (excludes halogenated alkanes) is 1. The first-order valence-electron chi connectivity index (χ1n) is 7.55. The topological polar surface area (TPSA) is 67.6 Å². The molecule has 0 aromatic heterocycles. The molecule has 1 rings (SSSR count). The predicted octanol–water partition coefficient (Wildman–Crippen LogP) is 1.57. The third-order valence-corrected chi connectivity index (χ3v) is 3.62. The summed E-state index contributed by atoms with van der Waals surface area (Å²) in [6.07, 6.45) is 4.48. The molecule has 0 aromatic rings. The van der Waals surface area contributed by atoms with Gasteiger partial charge in [-0.3, -0.25) is 4.90 Å². The number of piperidine rings is 1. The van der Waals surface area contributed by atoms with Gasteiger partial charge in [-0.25, -0.2) is 4.79 Å². The Labute approximate surface area is 116 Å². The van der Waals surface area contributed by atoms with Crippen LogP contribution in [0.15, 0.2) is 0 Å². The van der Waals surface area contributed by atoms with Crippen LogP contribution in [-0.4, -0.2) is 49.8 Å². The molecule has 1 fully saturated rings. The third-order valence-electron chi connectivity index (χ3n) is 3.62. The first-order chi connectivity index (χ1) is 9.19. The maximum atomic E-state index is 11.5. The molecule has 5 nitrogen and oxygen atoms in total. The monoisotopic (exact) mass is 271 g/mol. The summed E-state index contributed by atoms with van der Waals surface area (Å²) in [6.45, 7) is 8.04. The second-order valence-electron chi connectivity index (χ2n) is 5.35. The molecule has 2 atom stereocenters. The van der Waals surface area contributed by atoms with E-state index in [1.54, 1.807) is 0 Å². The van der Waals surface area contributed by atoms with Crippen molar-refractivity contribution < 1.29 is 9.53 Å². The molecule has 0 aliphatic carbocycles. The van der Waals surface area contributed by atoms with E-state index in [0.717, 1.165) is 26.1 Å². The molecule has 0 saturated carbocycles. The number of hydrogen-bond acceptors (Lipinski definition) is 4. The van der Waals surface area contributed by atoms with Crippen LogP contribution in [0.2, 0.25) is 0 Å². The fourth-order valence-electron chi connectivity index (χ4n) is 2.81. The molecule has 112 valence electrons. The number of ether oxygens (including phenoxy) is 1. The van der Waals surface area contributed by atoms with Crippen molar-refractivity contribution in [2.75, 3.05) is 32.8 Å². The van der Waals surface area contributed by atoms with Crippen molar-refractivity contribution in [2.24, 2.45) is 11.7 Å². The zero-order chi connectivity index (χ0) is 14.1. The van der Waals surface area contributed by atoms with E-state index in [1.807, 2.05) is 6.92 Å². The summed E-state index contributed by atoms with van der Waals surface area (Å²) >= 11 is 0. The number of amides is 1. The van der Waals surface area contributed by atoms with Crippen LogP contribution < -0.4 is 11.1 Å². The largest absolute Gasteiger partial charge is 0.450 e. The molecular formula is C14H29N3O2. The van der Waals surface area contributed by atoms with Crippen molar-refractivity contribution in [3.8, 4) is 0 Å². The highest BCUT2D eigenvalue weighted by Gasteiger charge is 2.27. The Kier molecular flexibility index (Phi) is 7.82. The summed E-state index contributed by atoms with van der Waals surface area (Å²) < 4.78 is 4.96. The van der Waals surface area contributed by atoms with Crippen molar-refractivity contribution in [1.29, 1.82) is 0 Å². The molecule has 1 saturated heterocycles. The Balaban J connectivity index is 2.46. The molecule has 5 heteroatoms. The highest BCUT2D eigenvalue weighted by Crippen LogP contribution is 2.22. The lowest BCUT2D eigenvalue weighted by molar-refractivity contribution is 0.115. The minimum Gasteiger partial charge on any atom is -0.450 e. The van der Waals surface area contributed by atoms with Gasteiger partial charge in [0, 0.05) is 32.2 Å². The molecular weight excluding hydrogens is 242 g/mol. The van der Waals surface area contributed by atoms with Gasteiger partial charge in [0.05, 0.1) is 6.61 Å². The molecule has 1 aliphatic heterocycles. The number of nitrogens with two attached hydrogens (primary N) is 1. The van der Waals surface area contributed by atoms with Crippen molar-refractivity contribution >= 4 is 6.09 Å². The lowest BCUT2D eigenvalue weighted by Crippen LogP contribution is -2.51. The van der Waals surface area contributed by atoms with Crippen LogP contribution >= 0.6 is 0 Å². The Bertz CT molecular complexity index is 261. The van der Waals surface area contributed by atoms with E-state index in [2.05, 4.69) is 17.1 Å². The summed E-state index contributed by atoms with van der Waals surface area (Å²) in [5.74, 6) is 0.659. The first-order valence-corrected chi connectivity index (χ1v) is 7.55. The fourth-order valence-corrected chi connectivity index (χ4v) is 2.81. The highest BCUT2D eigenvalue weighted by atomic mass is 16.5. The first kappa shape index (κ1) is 16.2. The van der Waals surface area contributed by atoms with E-state index >= 15 is 0 Å². The summed E-state index contributed by atoms with van der Waals surface area (Å²) in [6, 6.07) is 0.196. The average Bonchev–Trinajstić information content (AvgIpc) is 2.36. The smallest absolute Gasteiger partial charge is 0.407 e. The van der Waals surface area contributed by atoms with Crippen LogP contribution in [-0.2, 0) is 4.74 Å². The molecule has 19 heavy (non-hydrogen) atoms. The maximum absolute atomic E-state index is 11.5. The van der Waals surface area contributed by atoms with Gasteiger partial charge in [-0.2, -0.15) is 0 Å². The van der Waals surface area contributed by atoms with Crippen LogP contribution in [0, 0.1) is 5.92 Å². The minimum atomic E-state index is -0.295. The van der Waals surface area contributed by atoms with Crippen LogP contribution in [0.25, 0.3) is 0 Å². The molecule has 0 aromatic carbocycles. The summed E-state index contributed by atoms with van der Waals surface area (Å²) in [7, 11) is 0. The molecule has 1 aliphatic rings. The van der Waals surface area contributed by atoms with Gasteiger partial charge >= 0.3 is 6.09 Å². The summed E-state index contributed by atoms with van der Waals surface area (Å²) in [4.78, 5) is 13.9. The summed E-state index contributed by atoms with van der Waals surface area (Å²) in [5.41, 5.74) is 5.65. The highest BCUT2D eigenvalue weighted by molar-refractivity contribution is 5.67. The van der Waals surface area contributed by atoms with Gasteiger partial charge < -0.3 is 15.8 Å². The molecule has 2 unspecified atom stereocenters. The number of carbonyl (C=O) groups is 1. The average molecular weight is 271 g/mol. The zero-order valence-corrected chi connectivity index (χ0v) is 12.4. The second kappa shape index (κ2) is 9.15. The van der Waals surface area contributed by atoms with Crippen molar-refractivity contribution in [2.45, 2.75) is 45.6 Å². The van der Waals surface area contributed by atoms with Crippen molar-refractivity contribution in [1.82, 2.24) is 10.2 Å². The number of rotatable bonds is 7. The molecule has 3 N–H and O–H groups in total. The molecule has 0 bridgehead atoms. The quantitative estimate of drug-likeness (QED) is 0.737. The van der Waals surface area contributed by atoms with E-state index in [0.29, 0.717) is 19.1 Å². The van der Waals surface area contributed by atoms with Gasteiger partial charge in [-0.15, -0.1) is 0 Å². The standard InChI is InChI=1S/C14H29N3O2/c1-3-5-6-12-9-13(16-14(18)19-4-2)11-17(10-12)8-7-15/h12-13H,3-11,15H2,1-2H3,(H,16,18). The van der Waals surface area contributed by atoms with Gasteiger partial charge in [0.25, 0.3) is 0 Å². The van der Waals surface area contributed by atoms with Crippen molar-refractivity contribution in [3.63, 3.8) is 0 Å². The predicted molar refractivity (Wildman–Crippen MR) is 77.1 cm³/mol. The normalized spacial score (nSPS) is 24.2. The molecule has 0 spiro atoms. The molecule has 0 radical (unpaired) electrons. The van der Waals surface area contributed by atoms with Gasteiger partial charge in [0.15, 0.2) is 0 Å². The van der Waals surface area contributed by atoms with E-state index in [4.69, 9.17) is 10.5 Å². The van der Waals surface area contributed by atoms with Crippen LogP contribution in [0.3, 0.4) is 0 Å². The number of nitrogens with one attached hydrogen (secondary N) is 1. The van der Waals surface area contributed by atoms with Gasteiger partial charge in [-0.05, 0) is 25.7 Å². The van der Waals surface area contributed by atoms with Gasteiger partial charge in [0.1, 0.15) is 0 Å². The molecule has 1 amide bonds. The van der Waals surface area contributed by atoms with Crippen LogP contribution in [0.5, 0.6) is 0 Å². The fraction of sp³-hybridized carbons (Fsp3) is 0.929. The number of likely N-dealkylation sites (tertiary alicyclic amines) is 1.